The summed E-state index contributed by atoms with van der Waals surface area (Å²) in [7, 11) is 1.45. The number of morpholine rings is 1. The van der Waals surface area contributed by atoms with Gasteiger partial charge in [-0.2, -0.15) is 0 Å². The third-order valence-corrected chi connectivity index (χ3v) is 4.35. The molecule has 0 N–H and O–H groups in total. The minimum absolute atomic E-state index is 0.138. The van der Waals surface area contributed by atoms with Crippen LogP contribution < -0.4 is 0 Å². The molecule has 2 rings (SSSR count). The fraction of sp³-hybridized carbons (Fsp3) is 0.933. The van der Waals surface area contributed by atoms with Crippen LogP contribution >= 0.6 is 0 Å². The summed E-state index contributed by atoms with van der Waals surface area (Å²) in [5.41, 5.74) is -0.424. The van der Waals surface area contributed by atoms with Gasteiger partial charge < -0.3 is 14.2 Å². The van der Waals surface area contributed by atoms with Crippen molar-refractivity contribution in [3.63, 3.8) is 0 Å². The van der Waals surface area contributed by atoms with Gasteiger partial charge in [0.1, 0.15) is 0 Å². The second-order valence-corrected chi connectivity index (χ2v) is 6.39. The minimum atomic E-state index is -0.424. The first-order valence-electron chi connectivity index (χ1n) is 7.57. The molecule has 2 fully saturated rings. The zero-order valence-corrected chi connectivity index (χ0v) is 12.9. The summed E-state index contributed by atoms with van der Waals surface area (Å²) in [5, 5.41) is 0. The first kappa shape index (κ1) is 15.7. The number of carbonyl (C=O) groups excluding carboxylic acids is 1. The van der Waals surface area contributed by atoms with E-state index >= 15 is 0 Å². The zero-order valence-electron chi connectivity index (χ0n) is 12.9. The number of ether oxygens (including phenoxy) is 3. The van der Waals surface area contributed by atoms with E-state index < -0.39 is 5.41 Å². The van der Waals surface area contributed by atoms with Gasteiger partial charge in [-0.05, 0) is 39.7 Å². The molecule has 0 radical (unpaired) electrons. The van der Waals surface area contributed by atoms with Gasteiger partial charge in [-0.15, -0.1) is 0 Å². The maximum Gasteiger partial charge on any atom is 0.311 e. The first-order valence-corrected chi connectivity index (χ1v) is 7.57. The molecule has 0 spiro atoms. The Bertz CT molecular complexity index is 326. The predicted molar refractivity (Wildman–Crippen MR) is 75.6 cm³/mol. The Morgan fingerprint density at radius 1 is 1.30 bits per heavy atom. The predicted octanol–water partition coefficient (Wildman–Crippen LogP) is 1.46. The second kappa shape index (κ2) is 6.87. The van der Waals surface area contributed by atoms with Gasteiger partial charge in [-0.25, -0.2) is 0 Å². The van der Waals surface area contributed by atoms with Crippen molar-refractivity contribution in [1.29, 1.82) is 0 Å². The van der Waals surface area contributed by atoms with Crippen LogP contribution in [-0.2, 0) is 19.0 Å². The SMILES string of the molecule is COC(=O)C(C)(C)CCN1CCO[C@@H]([C@H]2CCCO2)C1. The van der Waals surface area contributed by atoms with E-state index in [1.54, 1.807) is 0 Å². The monoisotopic (exact) mass is 285 g/mol. The van der Waals surface area contributed by atoms with Gasteiger partial charge in [-0.3, -0.25) is 9.69 Å². The van der Waals surface area contributed by atoms with Crippen molar-refractivity contribution in [2.45, 2.75) is 45.3 Å². The van der Waals surface area contributed by atoms with Crippen molar-refractivity contribution < 1.29 is 19.0 Å². The highest BCUT2D eigenvalue weighted by Crippen LogP contribution is 2.25. The Kier molecular flexibility index (Phi) is 5.41. The van der Waals surface area contributed by atoms with Gasteiger partial charge >= 0.3 is 5.97 Å². The normalized spacial score (nSPS) is 28.6. The molecule has 0 saturated carbocycles. The van der Waals surface area contributed by atoms with Gasteiger partial charge in [0.2, 0.25) is 0 Å². The van der Waals surface area contributed by atoms with Crippen molar-refractivity contribution in [3.8, 4) is 0 Å². The second-order valence-electron chi connectivity index (χ2n) is 6.39. The van der Waals surface area contributed by atoms with E-state index in [1.807, 2.05) is 13.8 Å². The standard InChI is InChI=1S/C15H27NO4/c1-15(2,14(17)18-3)6-7-16-8-10-20-13(11-16)12-5-4-9-19-12/h12-13H,4-11H2,1-3H3/t12-,13-/m1/s1. The quantitative estimate of drug-likeness (QED) is 0.716. The maximum absolute atomic E-state index is 11.7. The number of esters is 1. The highest BCUT2D eigenvalue weighted by molar-refractivity contribution is 5.75. The van der Waals surface area contributed by atoms with Crippen LogP contribution in [0.1, 0.15) is 33.1 Å². The van der Waals surface area contributed by atoms with Gasteiger partial charge in [-0.1, -0.05) is 0 Å². The number of methoxy groups -OCH3 is 1. The molecular formula is C15H27NO4. The first-order chi connectivity index (χ1) is 9.53. The lowest BCUT2D eigenvalue weighted by molar-refractivity contribution is -0.151. The molecule has 20 heavy (non-hydrogen) atoms. The Labute approximate surface area is 121 Å². The lowest BCUT2D eigenvalue weighted by Crippen LogP contribution is -2.48. The fourth-order valence-corrected chi connectivity index (χ4v) is 2.87. The molecule has 2 aliphatic rings. The zero-order chi connectivity index (χ0) is 14.6. The van der Waals surface area contributed by atoms with Gasteiger partial charge in [0.15, 0.2) is 0 Å². The van der Waals surface area contributed by atoms with Crippen LogP contribution in [0.3, 0.4) is 0 Å². The van der Waals surface area contributed by atoms with Crippen LogP contribution in [0, 0.1) is 5.41 Å². The van der Waals surface area contributed by atoms with Crippen LogP contribution in [0.25, 0.3) is 0 Å². The van der Waals surface area contributed by atoms with Crippen molar-refractivity contribution >= 4 is 5.97 Å². The minimum Gasteiger partial charge on any atom is -0.469 e. The lowest BCUT2D eigenvalue weighted by Gasteiger charge is -2.36. The molecule has 116 valence electrons. The molecule has 2 saturated heterocycles. The molecule has 5 nitrogen and oxygen atoms in total. The summed E-state index contributed by atoms with van der Waals surface area (Å²) in [6.07, 6.45) is 3.49. The molecule has 0 amide bonds. The van der Waals surface area contributed by atoms with Crippen molar-refractivity contribution in [3.05, 3.63) is 0 Å². The van der Waals surface area contributed by atoms with Crippen LogP contribution in [0.5, 0.6) is 0 Å². The van der Waals surface area contributed by atoms with Crippen LogP contribution in [-0.4, -0.2) is 63.0 Å². The summed E-state index contributed by atoms with van der Waals surface area (Å²) >= 11 is 0. The van der Waals surface area contributed by atoms with Crippen molar-refractivity contribution in [1.82, 2.24) is 4.90 Å². The van der Waals surface area contributed by atoms with E-state index in [2.05, 4.69) is 4.90 Å². The summed E-state index contributed by atoms with van der Waals surface area (Å²) in [4.78, 5) is 14.1. The highest BCUT2D eigenvalue weighted by atomic mass is 16.5. The number of hydrogen-bond donors (Lipinski definition) is 0. The van der Waals surface area contributed by atoms with Crippen molar-refractivity contribution in [2.75, 3.05) is 40.0 Å². The van der Waals surface area contributed by atoms with Gasteiger partial charge in [0, 0.05) is 19.7 Å². The Balaban J connectivity index is 1.79. The number of carbonyl (C=O) groups is 1. The van der Waals surface area contributed by atoms with E-state index in [0.29, 0.717) is 0 Å². The lowest BCUT2D eigenvalue weighted by atomic mass is 9.89. The summed E-state index contributed by atoms with van der Waals surface area (Å²) < 4.78 is 16.4. The third kappa shape index (κ3) is 3.93. The average molecular weight is 285 g/mol. The molecular weight excluding hydrogens is 258 g/mol. The topological polar surface area (TPSA) is 48.0 Å². The molecule has 0 bridgehead atoms. The van der Waals surface area contributed by atoms with Crippen LogP contribution in [0.2, 0.25) is 0 Å². The number of hydrogen-bond acceptors (Lipinski definition) is 5. The summed E-state index contributed by atoms with van der Waals surface area (Å²) in [6.45, 7) is 8.23. The molecule has 2 aliphatic heterocycles. The molecule has 2 heterocycles. The van der Waals surface area contributed by atoms with E-state index in [4.69, 9.17) is 14.2 Å². The fourth-order valence-electron chi connectivity index (χ4n) is 2.87. The highest BCUT2D eigenvalue weighted by Gasteiger charge is 2.33. The summed E-state index contributed by atoms with van der Waals surface area (Å²) in [5.74, 6) is -0.138. The largest absolute Gasteiger partial charge is 0.469 e. The van der Waals surface area contributed by atoms with E-state index in [1.165, 1.54) is 7.11 Å². The number of rotatable bonds is 5. The Hall–Kier alpha value is -0.650. The maximum atomic E-state index is 11.7. The van der Waals surface area contributed by atoms with Gasteiger partial charge in [0.25, 0.3) is 0 Å². The molecule has 0 aromatic heterocycles. The van der Waals surface area contributed by atoms with Crippen LogP contribution in [0.4, 0.5) is 0 Å². The summed E-state index contributed by atoms with van der Waals surface area (Å²) in [6, 6.07) is 0. The van der Waals surface area contributed by atoms with E-state index in [0.717, 1.165) is 52.1 Å². The Morgan fingerprint density at radius 3 is 2.70 bits per heavy atom. The third-order valence-electron chi connectivity index (χ3n) is 4.35. The average Bonchev–Trinajstić information content (AvgIpc) is 2.99. The van der Waals surface area contributed by atoms with Crippen molar-refractivity contribution in [2.24, 2.45) is 5.41 Å². The number of nitrogens with zero attached hydrogens (tertiary/aromatic N) is 1. The van der Waals surface area contributed by atoms with E-state index in [9.17, 15) is 4.79 Å². The molecule has 5 heteroatoms. The molecule has 0 aromatic carbocycles. The molecule has 0 aliphatic carbocycles. The Morgan fingerprint density at radius 2 is 2.05 bits per heavy atom. The molecule has 0 unspecified atom stereocenters. The smallest absolute Gasteiger partial charge is 0.311 e. The van der Waals surface area contributed by atoms with Crippen LogP contribution in [0.15, 0.2) is 0 Å². The molecule has 0 aromatic rings. The van der Waals surface area contributed by atoms with Gasteiger partial charge in [0.05, 0.1) is 31.3 Å². The van der Waals surface area contributed by atoms with E-state index in [-0.39, 0.29) is 18.2 Å². The molecule has 2 atom stereocenters.